The van der Waals surface area contributed by atoms with E-state index < -0.39 is 5.91 Å². The largest absolute Gasteiger partial charge is 0.467 e. The molecule has 112 valence electrons. The van der Waals surface area contributed by atoms with Crippen LogP contribution in [0.15, 0.2) is 52.8 Å². The summed E-state index contributed by atoms with van der Waals surface area (Å²) >= 11 is 6.00. The van der Waals surface area contributed by atoms with Gasteiger partial charge < -0.3 is 20.8 Å². The lowest BCUT2D eigenvalue weighted by molar-refractivity contribution is -0.117. The summed E-state index contributed by atoms with van der Waals surface area (Å²) in [7, 11) is 0. The first kappa shape index (κ1) is 15.5. The second-order valence-corrected chi connectivity index (χ2v) is 4.72. The molecule has 4 N–H and O–H groups in total. The maximum atomic E-state index is 11.9. The van der Waals surface area contributed by atoms with Gasteiger partial charge in [-0.2, -0.15) is 5.26 Å². The first-order valence-corrected chi connectivity index (χ1v) is 6.70. The van der Waals surface area contributed by atoms with E-state index in [9.17, 15) is 4.79 Å². The number of furan rings is 1. The Morgan fingerprint density at radius 3 is 2.91 bits per heavy atom. The second-order valence-electron chi connectivity index (χ2n) is 4.32. The zero-order valence-corrected chi connectivity index (χ0v) is 12.2. The first-order valence-electron chi connectivity index (χ1n) is 6.32. The number of halogens is 1. The van der Waals surface area contributed by atoms with Gasteiger partial charge in [0.05, 0.1) is 23.5 Å². The van der Waals surface area contributed by atoms with Gasteiger partial charge in [0.2, 0.25) is 0 Å². The Bertz CT molecular complexity index is 732. The molecule has 6 nitrogen and oxygen atoms in total. The molecule has 1 aromatic carbocycles. The van der Waals surface area contributed by atoms with E-state index in [2.05, 4.69) is 10.6 Å². The Kier molecular flexibility index (Phi) is 5.07. The zero-order valence-electron chi connectivity index (χ0n) is 11.5. The smallest absolute Gasteiger partial charge is 0.263 e. The molecule has 0 atom stereocenters. The van der Waals surface area contributed by atoms with E-state index in [1.807, 2.05) is 6.07 Å². The second kappa shape index (κ2) is 7.20. The number of amides is 1. The molecule has 2 rings (SSSR count). The van der Waals surface area contributed by atoms with Crippen LogP contribution in [-0.4, -0.2) is 5.91 Å². The van der Waals surface area contributed by atoms with Gasteiger partial charge in [-0.25, -0.2) is 0 Å². The normalized spacial score (nSPS) is 10.8. The summed E-state index contributed by atoms with van der Waals surface area (Å²) in [6, 6.07) is 10.1. The SMILES string of the molecule is N#C/C(=C/Nc1ccc(N)cc1Cl)C(=O)NCc1ccco1. The van der Waals surface area contributed by atoms with Gasteiger partial charge >= 0.3 is 0 Å². The summed E-state index contributed by atoms with van der Waals surface area (Å²) in [6.07, 6.45) is 2.79. The number of nitrogen functional groups attached to an aromatic ring is 1. The zero-order chi connectivity index (χ0) is 15.9. The van der Waals surface area contributed by atoms with Gasteiger partial charge in [0.25, 0.3) is 5.91 Å². The van der Waals surface area contributed by atoms with Gasteiger partial charge in [0.15, 0.2) is 0 Å². The number of hydrogen-bond donors (Lipinski definition) is 3. The predicted octanol–water partition coefficient (Wildman–Crippen LogP) is 2.65. The minimum Gasteiger partial charge on any atom is -0.467 e. The molecule has 0 spiro atoms. The van der Waals surface area contributed by atoms with Gasteiger partial charge in [-0.15, -0.1) is 0 Å². The Balaban J connectivity index is 2.00. The fraction of sp³-hybridized carbons (Fsp3) is 0.0667. The fourth-order valence-corrected chi connectivity index (χ4v) is 1.87. The van der Waals surface area contributed by atoms with Crippen molar-refractivity contribution in [2.24, 2.45) is 0 Å². The molecule has 0 fully saturated rings. The third-order valence-corrected chi connectivity index (χ3v) is 3.05. The van der Waals surface area contributed by atoms with Crippen LogP contribution in [0.25, 0.3) is 0 Å². The molecule has 7 heteroatoms. The van der Waals surface area contributed by atoms with Crippen LogP contribution in [0.5, 0.6) is 0 Å². The number of carbonyl (C=O) groups is 1. The molecule has 0 bridgehead atoms. The number of nitrogens with one attached hydrogen (secondary N) is 2. The molecular formula is C15H13ClN4O2. The average Bonchev–Trinajstić information content (AvgIpc) is 3.01. The summed E-state index contributed by atoms with van der Waals surface area (Å²) in [5.74, 6) is 0.0816. The van der Waals surface area contributed by atoms with Crippen molar-refractivity contribution >= 4 is 28.9 Å². The van der Waals surface area contributed by atoms with Gasteiger partial charge in [-0.3, -0.25) is 4.79 Å². The summed E-state index contributed by atoms with van der Waals surface area (Å²) in [4.78, 5) is 11.9. The van der Waals surface area contributed by atoms with Gasteiger partial charge in [0.1, 0.15) is 17.4 Å². The number of nitriles is 1. The highest BCUT2D eigenvalue weighted by Crippen LogP contribution is 2.24. The van der Waals surface area contributed by atoms with Crippen molar-refractivity contribution in [3.05, 3.63) is 59.2 Å². The van der Waals surface area contributed by atoms with Crippen LogP contribution in [-0.2, 0) is 11.3 Å². The van der Waals surface area contributed by atoms with E-state index in [1.165, 1.54) is 12.5 Å². The van der Waals surface area contributed by atoms with Gasteiger partial charge in [-0.1, -0.05) is 11.6 Å². The molecule has 0 saturated heterocycles. The Hall–Kier alpha value is -2.91. The van der Waals surface area contributed by atoms with Gasteiger partial charge in [0, 0.05) is 11.9 Å². The lowest BCUT2D eigenvalue weighted by atomic mass is 10.2. The van der Waals surface area contributed by atoms with E-state index in [-0.39, 0.29) is 12.1 Å². The maximum absolute atomic E-state index is 11.9. The Morgan fingerprint density at radius 1 is 1.45 bits per heavy atom. The molecule has 0 saturated carbocycles. The highest BCUT2D eigenvalue weighted by Gasteiger charge is 2.09. The minimum atomic E-state index is -0.516. The minimum absolute atomic E-state index is 0.0838. The van der Waals surface area contributed by atoms with E-state index in [0.717, 1.165) is 0 Å². The summed E-state index contributed by atoms with van der Waals surface area (Å²) in [5.41, 5.74) is 6.58. The summed E-state index contributed by atoms with van der Waals surface area (Å²) in [5, 5.41) is 14.8. The van der Waals surface area contributed by atoms with Crippen LogP contribution in [0.3, 0.4) is 0 Å². The van der Waals surface area contributed by atoms with Crippen molar-refractivity contribution in [2.75, 3.05) is 11.1 Å². The van der Waals surface area contributed by atoms with Crippen molar-refractivity contribution in [3.8, 4) is 6.07 Å². The lowest BCUT2D eigenvalue weighted by Crippen LogP contribution is -2.24. The summed E-state index contributed by atoms with van der Waals surface area (Å²) in [6.45, 7) is 0.202. The fourth-order valence-electron chi connectivity index (χ4n) is 1.62. The number of benzene rings is 1. The number of carbonyl (C=O) groups excluding carboxylic acids is 1. The number of nitrogens with zero attached hydrogens (tertiary/aromatic N) is 1. The molecular weight excluding hydrogens is 304 g/mol. The molecule has 1 heterocycles. The molecule has 22 heavy (non-hydrogen) atoms. The number of rotatable bonds is 5. The molecule has 1 amide bonds. The molecule has 0 radical (unpaired) electrons. The molecule has 0 aliphatic rings. The van der Waals surface area contributed by atoms with Crippen LogP contribution >= 0.6 is 11.6 Å². The van der Waals surface area contributed by atoms with Crippen LogP contribution in [0.4, 0.5) is 11.4 Å². The maximum Gasteiger partial charge on any atom is 0.263 e. The van der Waals surface area contributed by atoms with Crippen molar-refractivity contribution in [2.45, 2.75) is 6.54 Å². The topological polar surface area (TPSA) is 104 Å². The molecule has 0 aliphatic carbocycles. The van der Waals surface area contributed by atoms with Crippen molar-refractivity contribution in [1.82, 2.24) is 5.32 Å². The Labute approximate surface area is 132 Å². The van der Waals surface area contributed by atoms with E-state index >= 15 is 0 Å². The van der Waals surface area contributed by atoms with Crippen LogP contribution in [0.1, 0.15) is 5.76 Å². The van der Waals surface area contributed by atoms with Crippen molar-refractivity contribution < 1.29 is 9.21 Å². The number of anilines is 2. The van der Waals surface area contributed by atoms with Crippen molar-refractivity contribution in [3.63, 3.8) is 0 Å². The molecule has 1 aromatic heterocycles. The highest BCUT2D eigenvalue weighted by molar-refractivity contribution is 6.33. The highest BCUT2D eigenvalue weighted by atomic mass is 35.5. The third-order valence-electron chi connectivity index (χ3n) is 2.73. The molecule has 0 aliphatic heterocycles. The Morgan fingerprint density at radius 2 is 2.27 bits per heavy atom. The summed E-state index contributed by atoms with van der Waals surface area (Å²) < 4.78 is 5.09. The lowest BCUT2D eigenvalue weighted by Gasteiger charge is -2.06. The van der Waals surface area contributed by atoms with Crippen LogP contribution in [0, 0.1) is 11.3 Å². The molecule has 2 aromatic rings. The predicted molar refractivity (Wildman–Crippen MR) is 83.7 cm³/mol. The quantitative estimate of drug-likeness (QED) is 0.447. The monoisotopic (exact) mass is 316 g/mol. The third kappa shape index (κ3) is 4.04. The van der Waals surface area contributed by atoms with E-state index in [0.29, 0.717) is 22.2 Å². The van der Waals surface area contributed by atoms with Gasteiger partial charge in [-0.05, 0) is 30.3 Å². The number of hydrogen-bond acceptors (Lipinski definition) is 5. The molecule has 0 unspecified atom stereocenters. The standard InChI is InChI=1S/C15H13ClN4O2/c16-13-6-11(18)3-4-14(13)19-8-10(7-17)15(21)20-9-12-2-1-5-22-12/h1-6,8,19H,9,18H2,(H,20,21)/b10-8-. The van der Waals surface area contributed by atoms with E-state index in [1.54, 1.807) is 30.3 Å². The van der Waals surface area contributed by atoms with E-state index in [4.69, 9.17) is 27.0 Å². The van der Waals surface area contributed by atoms with Crippen LogP contribution < -0.4 is 16.4 Å². The first-order chi connectivity index (χ1) is 10.6. The van der Waals surface area contributed by atoms with Crippen molar-refractivity contribution in [1.29, 1.82) is 5.26 Å². The number of nitrogens with two attached hydrogens (primary N) is 1. The average molecular weight is 317 g/mol. The van der Waals surface area contributed by atoms with Crippen LogP contribution in [0.2, 0.25) is 5.02 Å².